The largest absolute Gasteiger partial charge is 0.345 e. The van der Waals surface area contributed by atoms with Gasteiger partial charge in [-0.1, -0.05) is 6.92 Å². The van der Waals surface area contributed by atoms with Crippen LogP contribution in [0, 0.1) is 0 Å². The number of hydrogen-bond donors (Lipinski definition) is 3. The minimum absolute atomic E-state index is 0.183. The maximum atomic E-state index is 11.8. The fraction of sp³-hybridized carbons (Fsp3) is 0.727. The number of hydrogen-bond acceptors (Lipinski definition) is 4. The van der Waals surface area contributed by atoms with Gasteiger partial charge in [-0.15, -0.1) is 5.10 Å². The highest BCUT2D eigenvalue weighted by Crippen LogP contribution is 2.03. The van der Waals surface area contributed by atoms with E-state index in [0.29, 0.717) is 0 Å². The molecular formula is C11H19N5O. The van der Waals surface area contributed by atoms with Crippen molar-refractivity contribution < 1.29 is 4.79 Å². The number of amides is 1. The fourth-order valence-electron chi connectivity index (χ4n) is 1.97. The normalized spacial score (nSPS) is 20.2. The standard InChI is InChI=1S/C11H19N5O/c1-2-4-9-14-10(16-15-9)11(17)13-8-5-3-6-12-7-8/h8,12H,2-7H2,1H3,(H,13,17)(H,14,15,16)/t8-/m1/s1. The number of rotatable bonds is 4. The van der Waals surface area contributed by atoms with E-state index in [0.717, 1.165) is 44.6 Å². The van der Waals surface area contributed by atoms with Crippen LogP contribution in [-0.2, 0) is 6.42 Å². The summed E-state index contributed by atoms with van der Waals surface area (Å²) in [7, 11) is 0. The van der Waals surface area contributed by atoms with E-state index >= 15 is 0 Å². The quantitative estimate of drug-likeness (QED) is 0.700. The maximum absolute atomic E-state index is 11.8. The van der Waals surface area contributed by atoms with Gasteiger partial charge in [0.25, 0.3) is 5.91 Å². The number of nitrogens with one attached hydrogen (secondary N) is 3. The van der Waals surface area contributed by atoms with Gasteiger partial charge < -0.3 is 10.6 Å². The Morgan fingerprint density at radius 1 is 1.59 bits per heavy atom. The summed E-state index contributed by atoms with van der Waals surface area (Å²) in [5, 5.41) is 12.9. The van der Waals surface area contributed by atoms with E-state index in [-0.39, 0.29) is 17.8 Å². The van der Waals surface area contributed by atoms with E-state index in [9.17, 15) is 4.79 Å². The van der Waals surface area contributed by atoms with Crippen LogP contribution >= 0.6 is 0 Å². The average Bonchev–Trinajstić information content (AvgIpc) is 2.79. The lowest BCUT2D eigenvalue weighted by Gasteiger charge is -2.23. The molecular weight excluding hydrogens is 218 g/mol. The number of aromatic nitrogens is 3. The molecule has 1 aromatic rings. The van der Waals surface area contributed by atoms with Crippen molar-refractivity contribution in [3.05, 3.63) is 11.6 Å². The van der Waals surface area contributed by atoms with Gasteiger partial charge in [0.05, 0.1) is 0 Å². The van der Waals surface area contributed by atoms with E-state index in [2.05, 4.69) is 32.7 Å². The number of aryl methyl sites for hydroxylation is 1. The van der Waals surface area contributed by atoms with Gasteiger partial charge in [-0.05, 0) is 25.8 Å². The zero-order valence-corrected chi connectivity index (χ0v) is 10.1. The summed E-state index contributed by atoms with van der Waals surface area (Å²) in [6.07, 6.45) is 3.93. The van der Waals surface area contributed by atoms with Gasteiger partial charge in [0.15, 0.2) is 0 Å². The summed E-state index contributed by atoms with van der Waals surface area (Å²) >= 11 is 0. The Balaban J connectivity index is 1.89. The van der Waals surface area contributed by atoms with Crippen molar-refractivity contribution in [1.29, 1.82) is 0 Å². The predicted molar refractivity (Wildman–Crippen MR) is 63.7 cm³/mol. The fourth-order valence-corrected chi connectivity index (χ4v) is 1.97. The Morgan fingerprint density at radius 3 is 3.18 bits per heavy atom. The summed E-state index contributed by atoms with van der Waals surface area (Å²) in [6, 6.07) is 0.198. The summed E-state index contributed by atoms with van der Waals surface area (Å²) in [6.45, 7) is 3.93. The van der Waals surface area contributed by atoms with Crippen LogP contribution in [0.1, 0.15) is 42.6 Å². The molecule has 0 spiro atoms. The molecule has 1 fully saturated rings. The lowest BCUT2D eigenvalue weighted by Crippen LogP contribution is -2.45. The second-order valence-electron chi connectivity index (χ2n) is 4.37. The van der Waals surface area contributed by atoms with Crippen LogP contribution in [0.5, 0.6) is 0 Å². The molecule has 1 aliphatic rings. The lowest BCUT2D eigenvalue weighted by atomic mass is 10.1. The Kier molecular flexibility index (Phi) is 4.08. The number of carbonyl (C=O) groups excluding carboxylic acids is 1. The Bertz CT molecular complexity index is 370. The molecule has 1 amide bonds. The molecule has 0 bridgehead atoms. The van der Waals surface area contributed by atoms with Crippen molar-refractivity contribution in [1.82, 2.24) is 25.8 Å². The first-order valence-electron chi connectivity index (χ1n) is 6.22. The van der Waals surface area contributed by atoms with Gasteiger partial charge in [-0.3, -0.25) is 9.89 Å². The molecule has 17 heavy (non-hydrogen) atoms. The van der Waals surface area contributed by atoms with Gasteiger partial charge in [-0.2, -0.15) is 0 Å². The van der Waals surface area contributed by atoms with Crippen molar-refractivity contribution >= 4 is 5.91 Å². The summed E-state index contributed by atoms with van der Waals surface area (Å²) < 4.78 is 0. The third-order valence-electron chi connectivity index (χ3n) is 2.85. The maximum Gasteiger partial charge on any atom is 0.291 e. The zero-order valence-electron chi connectivity index (χ0n) is 10.1. The number of H-pyrrole nitrogens is 1. The Hall–Kier alpha value is -1.43. The van der Waals surface area contributed by atoms with Crippen molar-refractivity contribution in [3.8, 4) is 0 Å². The zero-order chi connectivity index (χ0) is 12.1. The third kappa shape index (κ3) is 3.26. The van der Waals surface area contributed by atoms with Gasteiger partial charge in [0.1, 0.15) is 5.82 Å². The molecule has 1 saturated heterocycles. The monoisotopic (exact) mass is 237 g/mol. The molecule has 0 radical (unpaired) electrons. The predicted octanol–water partition coefficient (Wildman–Crippen LogP) is 0.239. The van der Waals surface area contributed by atoms with Crippen LogP contribution in [0.3, 0.4) is 0 Å². The molecule has 1 atom stereocenters. The minimum Gasteiger partial charge on any atom is -0.345 e. The first-order valence-corrected chi connectivity index (χ1v) is 6.22. The van der Waals surface area contributed by atoms with E-state index in [1.807, 2.05) is 0 Å². The third-order valence-corrected chi connectivity index (χ3v) is 2.85. The molecule has 1 aliphatic heterocycles. The average molecular weight is 237 g/mol. The highest BCUT2D eigenvalue weighted by molar-refractivity contribution is 5.90. The number of nitrogens with zero attached hydrogens (tertiary/aromatic N) is 2. The SMILES string of the molecule is CCCc1nc(C(=O)N[C@@H]2CCCNC2)n[nH]1. The second kappa shape index (κ2) is 5.77. The van der Waals surface area contributed by atoms with Crippen LogP contribution in [0.25, 0.3) is 0 Å². The molecule has 6 heteroatoms. The first-order chi connectivity index (χ1) is 8.29. The van der Waals surface area contributed by atoms with Crippen molar-refractivity contribution in [3.63, 3.8) is 0 Å². The van der Waals surface area contributed by atoms with Gasteiger partial charge in [0, 0.05) is 19.0 Å². The van der Waals surface area contributed by atoms with Crippen LogP contribution in [0.4, 0.5) is 0 Å². The topological polar surface area (TPSA) is 82.7 Å². The molecule has 1 aromatic heterocycles. The van der Waals surface area contributed by atoms with Crippen LogP contribution in [0.15, 0.2) is 0 Å². The Morgan fingerprint density at radius 2 is 2.47 bits per heavy atom. The second-order valence-corrected chi connectivity index (χ2v) is 4.37. The highest BCUT2D eigenvalue weighted by atomic mass is 16.2. The molecule has 3 N–H and O–H groups in total. The molecule has 0 saturated carbocycles. The molecule has 0 unspecified atom stereocenters. The molecule has 6 nitrogen and oxygen atoms in total. The van der Waals surface area contributed by atoms with Gasteiger partial charge >= 0.3 is 0 Å². The Labute approximate surface area is 101 Å². The van der Waals surface area contributed by atoms with Crippen LogP contribution in [0.2, 0.25) is 0 Å². The van der Waals surface area contributed by atoms with Crippen molar-refractivity contribution in [2.45, 2.75) is 38.6 Å². The molecule has 0 aliphatic carbocycles. The molecule has 2 heterocycles. The van der Waals surface area contributed by atoms with Crippen LogP contribution < -0.4 is 10.6 Å². The van der Waals surface area contributed by atoms with E-state index < -0.39 is 0 Å². The number of aromatic amines is 1. The lowest BCUT2D eigenvalue weighted by molar-refractivity contribution is 0.0920. The summed E-state index contributed by atoms with van der Waals surface area (Å²) in [4.78, 5) is 16.0. The van der Waals surface area contributed by atoms with E-state index in [1.54, 1.807) is 0 Å². The van der Waals surface area contributed by atoms with E-state index in [1.165, 1.54) is 0 Å². The molecule has 0 aromatic carbocycles. The number of carbonyl (C=O) groups is 1. The first kappa shape index (κ1) is 12.0. The minimum atomic E-state index is -0.183. The van der Waals surface area contributed by atoms with E-state index in [4.69, 9.17) is 0 Å². The van der Waals surface area contributed by atoms with Gasteiger partial charge in [0.2, 0.25) is 5.82 Å². The van der Waals surface area contributed by atoms with Gasteiger partial charge in [-0.25, -0.2) is 4.98 Å². The highest BCUT2D eigenvalue weighted by Gasteiger charge is 2.18. The van der Waals surface area contributed by atoms with Crippen molar-refractivity contribution in [2.75, 3.05) is 13.1 Å². The van der Waals surface area contributed by atoms with Crippen molar-refractivity contribution in [2.24, 2.45) is 0 Å². The van der Waals surface area contributed by atoms with Crippen LogP contribution in [-0.4, -0.2) is 40.2 Å². The molecule has 94 valence electrons. The summed E-state index contributed by atoms with van der Waals surface area (Å²) in [5.74, 6) is 0.843. The molecule has 2 rings (SSSR count). The smallest absolute Gasteiger partial charge is 0.291 e. The number of piperidine rings is 1. The summed E-state index contributed by atoms with van der Waals surface area (Å²) in [5.41, 5.74) is 0.